The third-order valence-electron chi connectivity index (χ3n) is 1.10. The van der Waals surface area contributed by atoms with Gasteiger partial charge in [-0.2, -0.15) is 0 Å². The number of hydrogen-bond acceptors (Lipinski definition) is 3. The van der Waals surface area contributed by atoms with E-state index in [2.05, 4.69) is 0 Å². The van der Waals surface area contributed by atoms with Gasteiger partial charge in [-0.05, 0) is 5.46 Å². The first-order chi connectivity index (χ1) is 5.72. The smallest absolute Gasteiger partial charge is 0.483 e. The summed E-state index contributed by atoms with van der Waals surface area (Å²) in [6, 6.07) is 8.66. The van der Waals surface area contributed by atoms with Gasteiger partial charge in [0.2, 0.25) is 0 Å². The number of benzene rings is 1. The zero-order valence-electron chi connectivity index (χ0n) is 6.29. The first-order valence-corrected chi connectivity index (χ1v) is 3.21. The standard InChI is InChI=1S/C6H7BO2.CH2O2/c8-7(9)6-4-2-1-3-5-6;2-1-3/h1-5,8-9H;1H,(H,2,3). The van der Waals surface area contributed by atoms with Crippen molar-refractivity contribution in [3.05, 3.63) is 30.3 Å². The van der Waals surface area contributed by atoms with Crippen LogP contribution in [0.5, 0.6) is 0 Å². The highest BCUT2D eigenvalue weighted by Gasteiger charge is 2.07. The molecule has 0 saturated heterocycles. The molecule has 0 bridgehead atoms. The van der Waals surface area contributed by atoms with E-state index in [9.17, 15) is 0 Å². The molecule has 0 spiro atoms. The quantitative estimate of drug-likeness (QED) is 0.373. The Balaban J connectivity index is 0.000000354. The van der Waals surface area contributed by atoms with Gasteiger partial charge < -0.3 is 15.2 Å². The maximum atomic E-state index is 8.58. The average Bonchev–Trinajstić information content (AvgIpc) is 2.07. The number of carbonyl (C=O) groups is 1. The number of carboxylic acid groups (broad SMARTS) is 1. The first kappa shape index (κ1) is 10.7. The molecule has 0 fully saturated rings. The Bertz CT molecular complexity index is 212. The topological polar surface area (TPSA) is 77.8 Å². The molecule has 3 N–H and O–H groups in total. The summed E-state index contributed by atoms with van der Waals surface area (Å²) in [4.78, 5) is 8.36. The molecule has 0 atom stereocenters. The van der Waals surface area contributed by atoms with Crippen molar-refractivity contribution < 1.29 is 19.9 Å². The molecule has 0 heterocycles. The Morgan fingerprint density at radius 3 is 1.83 bits per heavy atom. The summed E-state index contributed by atoms with van der Waals surface area (Å²) >= 11 is 0. The molecule has 1 rings (SSSR count). The van der Waals surface area contributed by atoms with E-state index in [0.717, 1.165) is 0 Å². The molecule has 0 amide bonds. The molecule has 1 aromatic carbocycles. The SMILES string of the molecule is O=CO.OB(O)c1ccccc1. The van der Waals surface area contributed by atoms with Gasteiger partial charge >= 0.3 is 7.12 Å². The molecule has 0 aromatic heterocycles. The van der Waals surface area contributed by atoms with Crippen molar-refractivity contribution in [1.29, 1.82) is 0 Å². The van der Waals surface area contributed by atoms with Gasteiger partial charge in [-0.25, -0.2) is 0 Å². The van der Waals surface area contributed by atoms with Crippen molar-refractivity contribution in [2.45, 2.75) is 0 Å². The van der Waals surface area contributed by atoms with Crippen LogP contribution in [-0.2, 0) is 4.79 Å². The van der Waals surface area contributed by atoms with Gasteiger partial charge in [0.05, 0.1) is 0 Å². The maximum absolute atomic E-state index is 8.58. The van der Waals surface area contributed by atoms with E-state index >= 15 is 0 Å². The molecule has 0 aliphatic carbocycles. The van der Waals surface area contributed by atoms with E-state index in [1.807, 2.05) is 6.07 Å². The minimum Gasteiger partial charge on any atom is -0.483 e. The minimum absolute atomic E-state index is 0.250. The van der Waals surface area contributed by atoms with Crippen LogP contribution in [0.15, 0.2) is 30.3 Å². The molecule has 1 aromatic rings. The Kier molecular flexibility index (Phi) is 5.68. The fraction of sp³-hybridized carbons (Fsp3) is 0. The largest absolute Gasteiger partial charge is 0.488 e. The van der Waals surface area contributed by atoms with Crippen LogP contribution in [-0.4, -0.2) is 28.7 Å². The Labute approximate surface area is 70.2 Å². The minimum atomic E-state index is -1.34. The van der Waals surface area contributed by atoms with Gasteiger partial charge in [-0.15, -0.1) is 0 Å². The Hall–Kier alpha value is -1.33. The van der Waals surface area contributed by atoms with Crippen molar-refractivity contribution in [2.24, 2.45) is 0 Å². The normalized spacial score (nSPS) is 7.83. The van der Waals surface area contributed by atoms with E-state index in [4.69, 9.17) is 19.9 Å². The number of rotatable bonds is 1. The van der Waals surface area contributed by atoms with Crippen LogP contribution in [0.4, 0.5) is 0 Å². The van der Waals surface area contributed by atoms with Crippen molar-refractivity contribution >= 4 is 19.1 Å². The summed E-state index contributed by atoms with van der Waals surface area (Å²) in [5, 5.41) is 24.0. The molecule has 0 aliphatic rings. The van der Waals surface area contributed by atoms with Crippen molar-refractivity contribution in [3.63, 3.8) is 0 Å². The van der Waals surface area contributed by atoms with Crippen LogP contribution >= 0.6 is 0 Å². The monoisotopic (exact) mass is 168 g/mol. The second-order valence-electron chi connectivity index (χ2n) is 1.89. The highest BCUT2D eigenvalue weighted by molar-refractivity contribution is 6.58. The van der Waals surface area contributed by atoms with Crippen LogP contribution in [0.3, 0.4) is 0 Å². The molecule has 4 nitrogen and oxygen atoms in total. The summed E-state index contributed by atoms with van der Waals surface area (Å²) in [7, 11) is -1.34. The second kappa shape index (κ2) is 6.39. The van der Waals surface area contributed by atoms with E-state index < -0.39 is 7.12 Å². The summed E-state index contributed by atoms with van der Waals surface area (Å²) in [6.45, 7) is -0.250. The van der Waals surface area contributed by atoms with Crippen LogP contribution in [0.25, 0.3) is 0 Å². The summed E-state index contributed by atoms with van der Waals surface area (Å²) in [5.41, 5.74) is 0.525. The first-order valence-electron chi connectivity index (χ1n) is 3.21. The van der Waals surface area contributed by atoms with Crippen molar-refractivity contribution in [3.8, 4) is 0 Å². The van der Waals surface area contributed by atoms with Crippen LogP contribution < -0.4 is 5.46 Å². The molecule has 0 aliphatic heterocycles. The van der Waals surface area contributed by atoms with Crippen molar-refractivity contribution in [2.75, 3.05) is 0 Å². The third kappa shape index (κ3) is 4.48. The van der Waals surface area contributed by atoms with E-state index in [-0.39, 0.29) is 6.47 Å². The average molecular weight is 168 g/mol. The van der Waals surface area contributed by atoms with E-state index in [1.54, 1.807) is 24.3 Å². The predicted molar refractivity (Wildman–Crippen MR) is 45.0 cm³/mol. The fourth-order valence-electron chi connectivity index (χ4n) is 0.625. The summed E-state index contributed by atoms with van der Waals surface area (Å²) < 4.78 is 0. The number of hydrogen-bond donors (Lipinski definition) is 3. The lowest BCUT2D eigenvalue weighted by molar-refractivity contribution is -0.122. The van der Waals surface area contributed by atoms with Gasteiger partial charge in [0.25, 0.3) is 6.47 Å². The molecule has 0 saturated carbocycles. The highest BCUT2D eigenvalue weighted by atomic mass is 16.4. The zero-order chi connectivity index (χ0) is 9.40. The fourth-order valence-corrected chi connectivity index (χ4v) is 0.625. The van der Waals surface area contributed by atoms with Crippen LogP contribution in [0.1, 0.15) is 0 Å². The summed E-state index contributed by atoms with van der Waals surface area (Å²) in [5.74, 6) is 0. The molecule has 0 radical (unpaired) electrons. The molecule has 12 heavy (non-hydrogen) atoms. The lowest BCUT2D eigenvalue weighted by Gasteiger charge is -1.94. The van der Waals surface area contributed by atoms with E-state index in [0.29, 0.717) is 5.46 Å². The Morgan fingerprint density at radius 2 is 1.58 bits per heavy atom. The third-order valence-corrected chi connectivity index (χ3v) is 1.10. The van der Waals surface area contributed by atoms with Crippen LogP contribution in [0, 0.1) is 0 Å². The predicted octanol–water partition coefficient (Wildman–Crippen LogP) is -0.933. The van der Waals surface area contributed by atoms with E-state index in [1.165, 1.54) is 0 Å². The molecule has 0 unspecified atom stereocenters. The molecular formula is C7H9BO4. The molecule has 64 valence electrons. The van der Waals surface area contributed by atoms with Gasteiger partial charge in [-0.3, -0.25) is 4.79 Å². The lowest BCUT2D eigenvalue weighted by Crippen LogP contribution is -2.29. The van der Waals surface area contributed by atoms with Gasteiger partial charge in [0, 0.05) is 0 Å². The van der Waals surface area contributed by atoms with Crippen LogP contribution in [0.2, 0.25) is 0 Å². The van der Waals surface area contributed by atoms with Gasteiger partial charge in [-0.1, -0.05) is 30.3 Å². The zero-order valence-corrected chi connectivity index (χ0v) is 6.29. The lowest BCUT2D eigenvalue weighted by atomic mass is 9.81. The maximum Gasteiger partial charge on any atom is 0.488 e. The Morgan fingerprint density at radius 1 is 1.17 bits per heavy atom. The second-order valence-corrected chi connectivity index (χ2v) is 1.89. The summed E-state index contributed by atoms with van der Waals surface area (Å²) in [6.07, 6.45) is 0. The van der Waals surface area contributed by atoms with Gasteiger partial charge in [0.1, 0.15) is 0 Å². The highest BCUT2D eigenvalue weighted by Crippen LogP contribution is 1.82. The van der Waals surface area contributed by atoms with Crippen molar-refractivity contribution in [1.82, 2.24) is 0 Å². The molecular weight excluding hydrogens is 159 g/mol. The van der Waals surface area contributed by atoms with Gasteiger partial charge in [0.15, 0.2) is 0 Å². The molecule has 5 heteroatoms.